The molecule has 0 fully saturated rings. The SMILES string of the molecule is CC.[B]C(=C/c1cnc(Cl)cc1C)/C(C)=C/CCC. The van der Waals surface area contributed by atoms with Gasteiger partial charge in [-0.05, 0) is 37.5 Å². The molecule has 0 aromatic carbocycles. The molecule has 0 atom stereocenters. The van der Waals surface area contributed by atoms with Crippen molar-refractivity contribution < 1.29 is 0 Å². The van der Waals surface area contributed by atoms with Crippen LogP contribution in [0.4, 0.5) is 0 Å². The van der Waals surface area contributed by atoms with Crippen molar-refractivity contribution in [2.24, 2.45) is 0 Å². The highest BCUT2D eigenvalue weighted by molar-refractivity contribution is 6.29. The Kier molecular flexibility index (Phi) is 9.33. The van der Waals surface area contributed by atoms with Gasteiger partial charge < -0.3 is 0 Å². The fraction of sp³-hybridized carbons (Fsp3) is 0.438. The molecule has 102 valence electrons. The highest BCUT2D eigenvalue weighted by Crippen LogP contribution is 2.17. The van der Waals surface area contributed by atoms with Crippen LogP contribution in [-0.2, 0) is 0 Å². The fourth-order valence-electron chi connectivity index (χ4n) is 1.44. The van der Waals surface area contributed by atoms with Crippen LogP contribution in [0.1, 0.15) is 51.7 Å². The molecular formula is C16H23BClN. The Bertz CT molecular complexity index is 450. The molecule has 0 aliphatic rings. The Morgan fingerprint density at radius 3 is 2.58 bits per heavy atom. The first-order chi connectivity index (χ1) is 9.04. The molecule has 0 unspecified atom stereocenters. The van der Waals surface area contributed by atoms with Crippen molar-refractivity contribution in [3.8, 4) is 0 Å². The minimum Gasteiger partial charge on any atom is -0.244 e. The van der Waals surface area contributed by atoms with Gasteiger partial charge >= 0.3 is 0 Å². The number of nitrogens with zero attached hydrogens (tertiary/aromatic N) is 1. The molecule has 1 nitrogen and oxygen atoms in total. The van der Waals surface area contributed by atoms with Crippen molar-refractivity contribution in [1.29, 1.82) is 0 Å². The number of halogens is 1. The van der Waals surface area contributed by atoms with Gasteiger partial charge in [0.05, 0.1) is 0 Å². The molecule has 0 spiro atoms. The molecule has 0 aliphatic carbocycles. The summed E-state index contributed by atoms with van der Waals surface area (Å²) in [5.41, 5.74) is 3.99. The summed E-state index contributed by atoms with van der Waals surface area (Å²) < 4.78 is 0. The first kappa shape index (κ1) is 18.0. The molecule has 1 aromatic rings. The summed E-state index contributed by atoms with van der Waals surface area (Å²) in [5, 5.41) is 0.511. The minimum absolute atomic E-state index is 0.511. The van der Waals surface area contributed by atoms with E-state index in [9.17, 15) is 0 Å². The zero-order chi connectivity index (χ0) is 14.8. The van der Waals surface area contributed by atoms with E-state index in [2.05, 4.69) is 18.0 Å². The van der Waals surface area contributed by atoms with E-state index >= 15 is 0 Å². The highest BCUT2D eigenvalue weighted by atomic mass is 35.5. The second-order valence-electron chi connectivity index (χ2n) is 4.14. The molecule has 3 heteroatoms. The number of pyridine rings is 1. The summed E-state index contributed by atoms with van der Waals surface area (Å²) in [7, 11) is 6.03. The lowest BCUT2D eigenvalue weighted by atomic mass is 9.86. The molecule has 0 saturated carbocycles. The molecule has 0 aliphatic heterocycles. The van der Waals surface area contributed by atoms with Crippen molar-refractivity contribution in [1.82, 2.24) is 4.98 Å². The van der Waals surface area contributed by atoms with E-state index < -0.39 is 0 Å². The summed E-state index contributed by atoms with van der Waals surface area (Å²) in [6, 6.07) is 1.84. The second kappa shape index (κ2) is 9.86. The van der Waals surface area contributed by atoms with Gasteiger partial charge in [-0.2, -0.15) is 0 Å². The van der Waals surface area contributed by atoms with Crippen LogP contribution in [0.2, 0.25) is 5.15 Å². The number of hydrogen-bond donors (Lipinski definition) is 0. The van der Waals surface area contributed by atoms with E-state index in [-0.39, 0.29) is 0 Å². The first-order valence-electron chi connectivity index (χ1n) is 6.81. The zero-order valence-corrected chi connectivity index (χ0v) is 13.4. The molecule has 0 saturated heterocycles. The van der Waals surface area contributed by atoms with E-state index in [0.717, 1.165) is 35.0 Å². The lowest BCUT2D eigenvalue weighted by Crippen LogP contribution is -1.89. The first-order valence-corrected chi connectivity index (χ1v) is 7.18. The molecule has 1 aromatic heterocycles. The summed E-state index contributed by atoms with van der Waals surface area (Å²) in [6.45, 7) is 10.2. The summed E-state index contributed by atoms with van der Waals surface area (Å²) in [4.78, 5) is 4.06. The standard InChI is InChI=1S/C14H17BClN.C2H6/c1-4-5-6-10(2)13(15)8-12-9-17-14(16)7-11(12)3;1-2/h6-9H,4-5H2,1-3H3;1-2H3/b10-6+,13-8+;. The third-order valence-electron chi connectivity index (χ3n) is 2.62. The number of unbranched alkanes of at least 4 members (excludes halogenated alkanes) is 1. The number of allylic oxidation sites excluding steroid dienone is 3. The number of rotatable bonds is 4. The Hall–Kier alpha value is -1.02. The van der Waals surface area contributed by atoms with E-state index in [1.165, 1.54) is 0 Å². The third kappa shape index (κ3) is 6.63. The van der Waals surface area contributed by atoms with Crippen LogP contribution >= 0.6 is 11.6 Å². The highest BCUT2D eigenvalue weighted by Gasteiger charge is 1.99. The molecule has 2 radical (unpaired) electrons. The van der Waals surface area contributed by atoms with Gasteiger partial charge in [0, 0.05) is 6.20 Å². The Labute approximate surface area is 124 Å². The van der Waals surface area contributed by atoms with E-state index in [0.29, 0.717) is 5.15 Å². The van der Waals surface area contributed by atoms with Gasteiger partial charge in [-0.25, -0.2) is 4.98 Å². The molecule has 1 heterocycles. The van der Waals surface area contributed by atoms with E-state index in [4.69, 9.17) is 19.4 Å². The van der Waals surface area contributed by atoms with Gasteiger partial charge in [0.1, 0.15) is 13.0 Å². The van der Waals surface area contributed by atoms with Gasteiger partial charge in [-0.15, -0.1) is 0 Å². The molecule has 19 heavy (non-hydrogen) atoms. The average molecular weight is 276 g/mol. The van der Waals surface area contributed by atoms with Crippen molar-refractivity contribution >= 4 is 25.5 Å². The lowest BCUT2D eigenvalue weighted by Gasteiger charge is -2.05. The Morgan fingerprint density at radius 1 is 1.42 bits per heavy atom. The van der Waals surface area contributed by atoms with Crippen LogP contribution in [0.15, 0.2) is 29.4 Å². The van der Waals surface area contributed by atoms with Gasteiger partial charge in [0.15, 0.2) is 0 Å². The quantitative estimate of drug-likeness (QED) is 0.411. The maximum atomic E-state index is 6.03. The van der Waals surface area contributed by atoms with E-state index in [1.807, 2.05) is 39.8 Å². The van der Waals surface area contributed by atoms with Crippen LogP contribution in [0.25, 0.3) is 6.08 Å². The third-order valence-corrected chi connectivity index (χ3v) is 2.83. The van der Waals surface area contributed by atoms with Crippen molar-refractivity contribution in [3.63, 3.8) is 0 Å². The van der Waals surface area contributed by atoms with Gasteiger partial charge in [-0.3, -0.25) is 0 Å². The summed E-state index contributed by atoms with van der Waals surface area (Å²) in [6.07, 6.45) is 8.03. The lowest BCUT2D eigenvalue weighted by molar-refractivity contribution is 0.952. The zero-order valence-electron chi connectivity index (χ0n) is 12.6. The van der Waals surface area contributed by atoms with Gasteiger partial charge in [0.2, 0.25) is 0 Å². The average Bonchev–Trinajstić information content (AvgIpc) is 2.41. The molecule has 0 bridgehead atoms. The van der Waals surface area contributed by atoms with Crippen LogP contribution in [-0.4, -0.2) is 12.8 Å². The summed E-state index contributed by atoms with van der Waals surface area (Å²) in [5.74, 6) is 0. The van der Waals surface area contributed by atoms with Gasteiger partial charge in [-0.1, -0.05) is 62.0 Å². The molecule has 0 N–H and O–H groups in total. The summed E-state index contributed by atoms with van der Waals surface area (Å²) >= 11 is 5.81. The number of hydrogen-bond acceptors (Lipinski definition) is 1. The van der Waals surface area contributed by atoms with Crippen molar-refractivity contribution in [3.05, 3.63) is 45.7 Å². The maximum Gasteiger partial charge on any atom is 0.129 e. The Morgan fingerprint density at radius 2 is 2.05 bits per heavy atom. The van der Waals surface area contributed by atoms with E-state index in [1.54, 1.807) is 6.20 Å². The predicted molar refractivity (Wildman–Crippen MR) is 87.7 cm³/mol. The molecule has 1 rings (SSSR count). The fourth-order valence-corrected chi connectivity index (χ4v) is 1.66. The molecular weight excluding hydrogens is 252 g/mol. The predicted octanol–water partition coefficient (Wildman–Crippen LogP) is 5.33. The topological polar surface area (TPSA) is 12.9 Å². The minimum atomic E-state index is 0.511. The van der Waals surface area contributed by atoms with Crippen LogP contribution < -0.4 is 0 Å². The smallest absolute Gasteiger partial charge is 0.129 e. The monoisotopic (exact) mass is 275 g/mol. The van der Waals surface area contributed by atoms with Crippen molar-refractivity contribution in [2.45, 2.75) is 47.5 Å². The normalized spacial score (nSPS) is 11.9. The second-order valence-corrected chi connectivity index (χ2v) is 4.53. The maximum absolute atomic E-state index is 6.03. The van der Waals surface area contributed by atoms with Crippen molar-refractivity contribution in [2.75, 3.05) is 0 Å². The molecule has 0 amide bonds. The number of aromatic nitrogens is 1. The van der Waals surface area contributed by atoms with Crippen LogP contribution in [0.5, 0.6) is 0 Å². The Balaban J connectivity index is 0.00000154. The van der Waals surface area contributed by atoms with Gasteiger partial charge in [0.25, 0.3) is 0 Å². The number of aryl methyl sites for hydroxylation is 1. The van der Waals surface area contributed by atoms with Crippen LogP contribution in [0, 0.1) is 6.92 Å². The van der Waals surface area contributed by atoms with Crippen LogP contribution in [0.3, 0.4) is 0 Å². The largest absolute Gasteiger partial charge is 0.244 e.